The highest BCUT2D eigenvalue weighted by Crippen LogP contribution is 2.32. The number of methoxy groups -OCH3 is 1. The van der Waals surface area contributed by atoms with Crippen molar-refractivity contribution in [2.24, 2.45) is 0 Å². The minimum absolute atomic E-state index is 0.182. The molecule has 0 aromatic carbocycles. The summed E-state index contributed by atoms with van der Waals surface area (Å²) in [6, 6.07) is 1.94. The van der Waals surface area contributed by atoms with E-state index in [0.29, 0.717) is 16.7 Å². The van der Waals surface area contributed by atoms with Crippen LogP contribution in [0.4, 0.5) is 5.00 Å². The molecule has 2 rings (SSSR count). The second kappa shape index (κ2) is 4.23. The fourth-order valence-corrected chi connectivity index (χ4v) is 2.09. The SMILES string of the molecule is COC(C)c1noc(-c2cc(C)sc2N)n1. The number of nitrogens with zero attached hydrogens (tertiary/aromatic N) is 2. The Balaban J connectivity index is 2.35. The topological polar surface area (TPSA) is 74.2 Å². The van der Waals surface area contributed by atoms with E-state index in [1.807, 2.05) is 19.9 Å². The molecule has 1 atom stereocenters. The predicted molar refractivity (Wildman–Crippen MR) is 62.2 cm³/mol. The number of rotatable bonds is 3. The van der Waals surface area contributed by atoms with Crippen LogP contribution in [0.1, 0.15) is 23.7 Å². The number of anilines is 1. The third-order valence-corrected chi connectivity index (χ3v) is 3.15. The number of hydrogen-bond acceptors (Lipinski definition) is 6. The van der Waals surface area contributed by atoms with Gasteiger partial charge in [-0.05, 0) is 19.9 Å². The van der Waals surface area contributed by atoms with Crippen molar-refractivity contribution in [3.8, 4) is 11.5 Å². The van der Waals surface area contributed by atoms with Crippen molar-refractivity contribution >= 4 is 16.3 Å². The van der Waals surface area contributed by atoms with Gasteiger partial charge in [-0.2, -0.15) is 4.98 Å². The van der Waals surface area contributed by atoms with Crippen LogP contribution in [-0.4, -0.2) is 17.3 Å². The second-order valence-corrected chi connectivity index (χ2v) is 4.76. The third-order valence-electron chi connectivity index (χ3n) is 2.27. The molecule has 0 saturated carbocycles. The van der Waals surface area contributed by atoms with Crippen molar-refractivity contribution < 1.29 is 9.26 Å². The van der Waals surface area contributed by atoms with Gasteiger partial charge in [-0.25, -0.2) is 0 Å². The zero-order valence-electron chi connectivity index (χ0n) is 9.35. The van der Waals surface area contributed by atoms with Crippen molar-refractivity contribution in [1.29, 1.82) is 0 Å². The maximum Gasteiger partial charge on any atom is 0.261 e. The molecule has 0 fully saturated rings. The van der Waals surface area contributed by atoms with E-state index in [1.54, 1.807) is 7.11 Å². The quantitative estimate of drug-likeness (QED) is 0.890. The number of thiophene rings is 1. The Morgan fingerprint density at radius 1 is 1.56 bits per heavy atom. The van der Waals surface area contributed by atoms with Crippen LogP contribution in [0.2, 0.25) is 0 Å². The zero-order chi connectivity index (χ0) is 11.7. The Hall–Kier alpha value is -1.40. The Kier molecular flexibility index (Phi) is 2.93. The van der Waals surface area contributed by atoms with Gasteiger partial charge >= 0.3 is 0 Å². The summed E-state index contributed by atoms with van der Waals surface area (Å²) in [6.07, 6.45) is -0.182. The largest absolute Gasteiger partial charge is 0.390 e. The van der Waals surface area contributed by atoms with E-state index >= 15 is 0 Å². The number of aromatic nitrogens is 2. The molecule has 2 aromatic heterocycles. The maximum atomic E-state index is 5.85. The molecular formula is C10H13N3O2S. The van der Waals surface area contributed by atoms with E-state index < -0.39 is 0 Å². The fraction of sp³-hybridized carbons (Fsp3) is 0.400. The minimum Gasteiger partial charge on any atom is -0.390 e. The molecule has 2 aromatic rings. The van der Waals surface area contributed by atoms with Gasteiger partial charge in [-0.1, -0.05) is 5.16 Å². The number of nitrogen functional groups attached to an aromatic ring is 1. The molecule has 2 N–H and O–H groups in total. The van der Waals surface area contributed by atoms with Crippen LogP contribution in [0.3, 0.4) is 0 Å². The Labute approximate surface area is 97.2 Å². The molecule has 1 unspecified atom stereocenters. The van der Waals surface area contributed by atoms with Gasteiger partial charge in [-0.3, -0.25) is 0 Å². The van der Waals surface area contributed by atoms with E-state index in [0.717, 1.165) is 10.4 Å². The molecule has 6 heteroatoms. The molecule has 0 amide bonds. The fourth-order valence-electron chi connectivity index (χ4n) is 1.31. The zero-order valence-corrected chi connectivity index (χ0v) is 10.2. The number of aryl methyl sites for hydroxylation is 1. The number of nitrogens with two attached hydrogens (primary N) is 1. The summed E-state index contributed by atoms with van der Waals surface area (Å²) in [5, 5.41) is 4.54. The molecule has 0 saturated heterocycles. The summed E-state index contributed by atoms with van der Waals surface area (Å²) in [7, 11) is 1.60. The van der Waals surface area contributed by atoms with Crippen LogP contribution in [0.5, 0.6) is 0 Å². The van der Waals surface area contributed by atoms with E-state index in [9.17, 15) is 0 Å². The van der Waals surface area contributed by atoms with Gasteiger partial charge in [0.2, 0.25) is 5.82 Å². The smallest absolute Gasteiger partial charge is 0.261 e. The van der Waals surface area contributed by atoms with Crippen molar-refractivity contribution in [1.82, 2.24) is 10.1 Å². The molecule has 16 heavy (non-hydrogen) atoms. The van der Waals surface area contributed by atoms with Crippen molar-refractivity contribution in [3.05, 3.63) is 16.8 Å². The molecule has 0 aliphatic rings. The second-order valence-electron chi connectivity index (χ2n) is 3.47. The molecule has 0 bridgehead atoms. The summed E-state index contributed by atoms with van der Waals surface area (Å²) in [5.41, 5.74) is 6.65. The average molecular weight is 239 g/mol. The highest BCUT2D eigenvalue weighted by atomic mass is 32.1. The normalized spacial score (nSPS) is 12.9. The minimum atomic E-state index is -0.182. The summed E-state index contributed by atoms with van der Waals surface area (Å²) in [5.74, 6) is 0.974. The Morgan fingerprint density at radius 3 is 2.88 bits per heavy atom. The monoisotopic (exact) mass is 239 g/mol. The first-order valence-corrected chi connectivity index (χ1v) is 5.66. The highest BCUT2D eigenvalue weighted by Gasteiger charge is 2.17. The van der Waals surface area contributed by atoms with Gasteiger partial charge in [-0.15, -0.1) is 11.3 Å². The maximum absolute atomic E-state index is 5.85. The van der Waals surface area contributed by atoms with Gasteiger partial charge in [0.05, 0.1) is 10.6 Å². The van der Waals surface area contributed by atoms with Crippen LogP contribution < -0.4 is 5.73 Å². The number of ether oxygens (including phenoxy) is 1. The molecule has 0 radical (unpaired) electrons. The van der Waals surface area contributed by atoms with Gasteiger partial charge in [0.15, 0.2) is 0 Å². The summed E-state index contributed by atoms with van der Waals surface area (Å²) in [4.78, 5) is 5.37. The van der Waals surface area contributed by atoms with Crippen LogP contribution in [0.15, 0.2) is 10.6 Å². The average Bonchev–Trinajstić information content (AvgIpc) is 2.83. The lowest BCUT2D eigenvalue weighted by Gasteiger charge is -2.00. The van der Waals surface area contributed by atoms with Crippen molar-refractivity contribution in [2.45, 2.75) is 20.0 Å². The van der Waals surface area contributed by atoms with E-state index in [-0.39, 0.29) is 6.10 Å². The molecule has 5 nitrogen and oxygen atoms in total. The Bertz CT molecular complexity index is 492. The standard InChI is InChI=1S/C10H13N3O2S/c1-5-4-7(8(11)16-5)10-12-9(13-15-10)6(2)14-3/h4,6H,11H2,1-3H3. The first-order chi connectivity index (χ1) is 7.61. The van der Waals surface area contributed by atoms with E-state index in [2.05, 4.69) is 10.1 Å². The van der Waals surface area contributed by atoms with E-state index in [4.69, 9.17) is 15.0 Å². The lowest BCUT2D eigenvalue weighted by molar-refractivity contribution is 0.109. The van der Waals surface area contributed by atoms with Crippen LogP contribution in [0, 0.1) is 6.92 Å². The lowest BCUT2D eigenvalue weighted by Crippen LogP contribution is -1.97. The van der Waals surface area contributed by atoms with Crippen molar-refractivity contribution in [2.75, 3.05) is 12.8 Å². The Morgan fingerprint density at radius 2 is 2.31 bits per heavy atom. The van der Waals surface area contributed by atoms with Crippen molar-refractivity contribution in [3.63, 3.8) is 0 Å². The van der Waals surface area contributed by atoms with Crippen LogP contribution >= 0.6 is 11.3 Å². The first kappa shape index (κ1) is 11.1. The summed E-state index contributed by atoms with van der Waals surface area (Å²) < 4.78 is 10.3. The molecular weight excluding hydrogens is 226 g/mol. The third kappa shape index (κ3) is 1.94. The highest BCUT2D eigenvalue weighted by molar-refractivity contribution is 7.16. The molecule has 0 spiro atoms. The summed E-state index contributed by atoms with van der Waals surface area (Å²) >= 11 is 1.51. The first-order valence-electron chi connectivity index (χ1n) is 4.84. The number of hydrogen-bond donors (Lipinski definition) is 1. The lowest BCUT2D eigenvalue weighted by atomic mass is 10.3. The van der Waals surface area contributed by atoms with Gasteiger partial charge in [0.1, 0.15) is 6.10 Å². The van der Waals surface area contributed by atoms with Gasteiger partial charge in [0.25, 0.3) is 5.89 Å². The van der Waals surface area contributed by atoms with Gasteiger partial charge in [0, 0.05) is 12.0 Å². The molecule has 0 aliphatic carbocycles. The molecule has 0 aliphatic heterocycles. The predicted octanol–water partition coefficient (Wildman–Crippen LogP) is 2.40. The van der Waals surface area contributed by atoms with Crippen LogP contribution in [-0.2, 0) is 4.74 Å². The van der Waals surface area contributed by atoms with Crippen LogP contribution in [0.25, 0.3) is 11.5 Å². The molecule has 2 heterocycles. The van der Waals surface area contributed by atoms with E-state index in [1.165, 1.54) is 11.3 Å². The van der Waals surface area contributed by atoms with Gasteiger partial charge < -0.3 is 15.0 Å². The molecule has 86 valence electrons. The summed E-state index contributed by atoms with van der Waals surface area (Å²) in [6.45, 7) is 3.84.